The first-order chi connectivity index (χ1) is 9.40. The van der Waals surface area contributed by atoms with Crippen molar-refractivity contribution < 1.29 is 0 Å². The van der Waals surface area contributed by atoms with Gasteiger partial charge >= 0.3 is 0 Å². The van der Waals surface area contributed by atoms with Crippen LogP contribution >= 0.6 is 24.0 Å². The monoisotopic (exact) mass is 410 g/mol. The van der Waals surface area contributed by atoms with Crippen LogP contribution in [-0.2, 0) is 0 Å². The molecule has 0 aromatic carbocycles. The molecule has 0 saturated carbocycles. The lowest BCUT2D eigenvalue weighted by Crippen LogP contribution is -2.47. The number of nitrogens with zero attached hydrogens (tertiary/aromatic N) is 2. The highest BCUT2D eigenvalue weighted by Crippen LogP contribution is 2.15. The number of piperidine rings is 1. The van der Waals surface area contributed by atoms with Crippen LogP contribution in [0.15, 0.2) is 4.99 Å². The summed E-state index contributed by atoms with van der Waals surface area (Å²) in [5, 5.41) is 6.74. The number of rotatable bonds is 5. The molecular formula is C16H35IN4. The minimum absolute atomic E-state index is 0. The van der Waals surface area contributed by atoms with Crippen LogP contribution in [0.1, 0.15) is 53.9 Å². The third-order valence-corrected chi connectivity index (χ3v) is 3.48. The van der Waals surface area contributed by atoms with Gasteiger partial charge in [-0.3, -0.25) is 4.99 Å². The van der Waals surface area contributed by atoms with Gasteiger partial charge in [0, 0.05) is 25.2 Å². The zero-order valence-corrected chi connectivity index (χ0v) is 16.9. The van der Waals surface area contributed by atoms with Crippen molar-refractivity contribution in [1.29, 1.82) is 0 Å². The molecule has 0 spiro atoms. The summed E-state index contributed by atoms with van der Waals surface area (Å²) in [6.07, 6.45) is 3.90. The molecule has 1 aliphatic rings. The molecule has 21 heavy (non-hydrogen) atoms. The highest BCUT2D eigenvalue weighted by Gasteiger charge is 2.15. The van der Waals surface area contributed by atoms with Gasteiger partial charge in [0.25, 0.3) is 0 Å². The molecule has 0 radical (unpaired) electrons. The maximum atomic E-state index is 4.67. The Bertz CT molecular complexity index is 299. The quantitative estimate of drug-likeness (QED) is 0.317. The molecular weight excluding hydrogens is 375 g/mol. The summed E-state index contributed by atoms with van der Waals surface area (Å²) in [7, 11) is 0. The van der Waals surface area contributed by atoms with Crippen molar-refractivity contribution in [2.45, 2.75) is 59.4 Å². The molecule has 0 bridgehead atoms. The summed E-state index contributed by atoms with van der Waals surface area (Å²) in [5.41, 5.74) is 0.0588. The first-order valence-corrected chi connectivity index (χ1v) is 8.19. The Balaban J connectivity index is 0.00000400. The fourth-order valence-electron chi connectivity index (χ4n) is 2.64. The predicted octanol–water partition coefficient (Wildman–Crippen LogP) is 3.08. The molecule has 4 nitrogen and oxygen atoms in total. The normalized spacial score (nSPS) is 20.8. The van der Waals surface area contributed by atoms with Crippen LogP contribution in [0.3, 0.4) is 0 Å². The van der Waals surface area contributed by atoms with E-state index in [9.17, 15) is 0 Å². The van der Waals surface area contributed by atoms with Crippen molar-refractivity contribution in [2.75, 3.05) is 32.7 Å². The Morgan fingerprint density at radius 1 is 1.33 bits per heavy atom. The van der Waals surface area contributed by atoms with E-state index in [0.29, 0.717) is 0 Å². The van der Waals surface area contributed by atoms with Crippen LogP contribution in [0.25, 0.3) is 0 Å². The minimum Gasteiger partial charge on any atom is -0.357 e. The summed E-state index contributed by atoms with van der Waals surface area (Å²) in [6.45, 7) is 16.5. The summed E-state index contributed by atoms with van der Waals surface area (Å²) in [6, 6.07) is 0. The van der Waals surface area contributed by atoms with Gasteiger partial charge in [0.15, 0.2) is 5.96 Å². The maximum Gasteiger partial charge on any atom is 0.191 e. The van der Waals surface area contributed by atoms with Gasteiger partial charge in [-0.25, -0.2) is 0 Å². The Morgan fingerprint density at radius 2 is 2.05 bits per heavy atom. The van der Waals surface area contributed by atoms with Gasteiger partial charge in [0.2, 0.25) is 0 Å². The Kier molecular flexibility index (Phi) is 10.6. The highest BCUT2D eigenvalue weighted by molar-refractivity contribution is 14.0. The van der Waals surface area contributed by atoms with Crippen LogP contribution in [0.5, 0.6) is 0 Å². The van der Waals surface area contributed by atoms with Crippen LogP contribution in [0, 0.1) is 5.92 Å². The van der Waals surface area contributed by atoms with Gasteiger partial charge in [-0.2, -0.15) is 0 Å². The largest absolute Gasteiger partial charge is 0.357 e. The molecule has 1 rings (SSSR count). The van der Waals surface area contributed by atoms with E-state index in [4.69, 9.17) is 0 Å². The molecule has 126 valence electrons. The van der Waals surface area contributed by atoms with E-state index >= 15 is 0 Å². The van der Waals surface area contributed by atoms with Crippen molar-refractivity contribution >= 4 is 29.9 Å². The number of hydrogen-bond donors (Lipinski definition) is 2. The second kappa shape index (κ2) is 10.6. The smallest absolute Gasteiger partial charge is 0.191 e. The zero-order chi connectivity index (χ0) is 15.0. The first-order valence-electron chi connectivity index (χ1n) is 8.19. The third-order valence-electron chi connectivity index (χ3n) is 3.48. The van der Waals surface area contributed by atoms with E-state index in [0.717, 1.165) is 31.4 Å². The van der Waals surface area contributed by atoms with Crippen molar-refractivity contribution in [3.05, 3.63) is 0 Å². The second-order valence-corrected chi connectivity index (χ2v) is 7.04. The molecule has 0 aromatic rings. The topological polar surface area (TPSA) is 39.7 Å². The first kappa shape index (κ1) is 21.0. The van der Waals surface area contributed by atoms with Crippen LogP contribution in [-0.4, -0.2) is 49.1 Å². The molecule has 0 amide bonds. The predicted molar refractivity (Wildman–Crippen MR) is 104 cm³/mol. The van der Waals surface area contributed by atoms with Gasteiger partial charge in [-0.05, 0) is 66.0 Å². The van der Waals surface area contributed by atoms with Crippen LogP contribution in [0.4, 0.5) is 0 Å². The lowest BCUT2D eigenvalue weighted by atomic mass is 10.0. The van der Waals surface area contributed by atoms with Gasteiger partial charge in [-0.1, -0.05) is 6.92 Å². The number of hydrogen-bond acceptors (Lipinski definition) is 2. The molecule has 2 N–H and O–H groups in total. The lowest BCUT2D eigenvalue weighted by Gasteiger charge is -2.30. The summed E-state index contributed by atoms with van der Waals surface area (Å²) in [5.74, 6) is 1.80. The molecule has 1 aliphatic heterocycles. The van der Waals surface area contributed by atoms with Crippen molar-refractivity contribution in [1.82, 2.24) is 15.5 Å². The number of aliphatic imine (C=N–C) groups is 1. The highest BCUT2D eigenvalue weighted by atomic mass is 127. The van der Waals surface area contributed by atoms with Gasteiger partial charge in [0.1, 0.15) is 0 Å². The maximum absolute atomic E-state index is 4.67. The number of likely N-dealkylation sites (tertiary alicyclic amines) is 1. The zero-order valence-electron chi connectivity index (χ0n) is 14.5. The SMILES string of the molecule is CCNC(=NCCCN1CCCC(C)C1)NC(C)(C)C.I. The Labute approximate surface area is 148 Å². The number of nitrogens with one attached hydrogen (secondary N) is 2. The van der Waals surface area contributed by atoms with E-state index in [1.165, 1.54) is 32.5 Å². The fraction of sp³-hybridized carbons (Fsp3) is 0.938. The molecule has 5 heteroatoms. The number of guanidine groups is 1. The Morgan fingerprint density at radius 3 is 2.62 bits per heavy atom. The lowest BCUT2D eigenvalue weighted by molar-refractivity contribution is 0.183. The average Bonchev–Trinajstić information content (AvgIpc) is 2.33. The third kappa shape index (κ3) is 10.3. The standard InChI is InChI=1S/C16H34N4.HI/c1-6-17-15(19-16(3,4)5)18-10-8-12-20-11-7-9-14(2)13-20;/h14H,6-13H2,1-5H3,(H2,17,18,19);1H. The van der Waals surface area contributed by atoms with E-state index in [2.05, 4.69) is 55.1 Å². The summed E-state index contributed by atoms with van der Waals surface area (Å²) >= 11 is 0. The van der Waals surface area contributed by atoms with Crippen LogP contribution < -0.4 is 10.6 Å². The van der Waals surface area contributed by atoms with Crippen molar-refractivity contribution in [2.24, 2.45) is 10.9 Å². The van der Waals surface area contributed by atoms with E-state index in [1.807, 2.05) is 0 Å². The number of halogens is 1. The molecule has 1 heterocycles. The molecule has 0 aliphatic carbocycles. The molecule has 1 unspecified atom stereocenters. The minimum atomic E-state index is 0. The fourth-order valence-corrected chi connectivity index (χ4v) is 2.64. The van der Waals surface area contributed by atoms with Gasteiger partial charge in [-0.15, -0.1) is 24.0 Å². The second-order valence-electron chi connectivity index (χ2n) is 7.04. The van der Waals surface area contributed by atoms with Gasteiger partial charge < -0.3 is 15.5 Å². The summed E-state index contributed by atoms with van der Waals surface area (Å²) < 4.78 is 0. The van der Waals surface area contributed by atoms with E-state index in [1.54, 1.807) is 0 Å². The Hall–Kier alpha value is -0.0400. The average molecular weight is 410 g/mol. The van der Waals surface area contributed by atoms with Gasteiger partial charge in [0.05, 0.1) is 0 Å². The molecule has 0 aromatic heterocycles. The molecule has 1 atom stereocenters. The van der Waals surface area contributed by atoms with Crippen LogP contribution in [0.2, 0.25) is 0 Å². The van der Waals surface area contributed by atoms with E-state index < -0.39 is 0 Å². The molecule has 1 fully saturated rings. The molecule has 1 saturated heterocycles. The van der Waals surface area contributed by atoms with Crippen molar-refractivity contribution in [3.8, 4) is 0 Å². The summed E-state index contributed by atoms with van der Waals surface area (Å²) in [4.78, 5) is 7.26. The van der Waals surface area contributed by atoms with Crippen molar-refractivity contribution in [3.63, 3.8) is 0 Å². The van der Waals surface area contributed by atoms with E-state index in [-0.39, 0.29) is 29.5 Å².